The molecule has 8 nitrogen and oxygen atoms in total. The molecular weight excluding hydrogens is 464 g/mol. The molecule has 2 amide bonds. The lowest BCUT2D eigenvalue weighted by molar-refractivity contribution is -0.110. The lowest BCUT2D eigenvalue weighted by atomic mass is 9.94. The van der Waals surface area contributed by atoms with Crippen molar-refractivity contribution in [3.05, 3.63) is 88.0 Å². The van der Waals surface area contributed by atoms with E-state index in [4.69, 9.17) is 11.6 Å². The first-order valence-electron chi connectivity index (χ1n) is 11.2. The largest absolute Gasteiger partial charge is 0.358 e. The maximum atomic E-state index is 13.0. The summed E-state index contributed by atoms with van der Waals surface area (Å²) in [6.45, 7) is 4.66. The number of carbonyl (C=O) groups is 2. The first-order valence-corrected chi connectivity index (χ1v) is 11.5. The molecule has 176 valence electrons. The third kappa shape index (κ3) is 4.36. The quantitative estimate of drug-likeness (QED) is 0.350. The summed E-state index contributed by atoms with van der Waals surface area (Å²) in [4.78, 5) is 29.2. The summed E-state index contributed by atoms with van der Waals surface area (Å²) in [7, 11) is 0. The fourth-order valence-corrected chi connectivity index (χ4v) is 4.60. The standard InChI is InChI=1S/C26H23ClN6O2/c1-15-22(30-16(2)23(15)26(35)28-9-11-33-12-10-29-32-33)14-20-24-19(17-5-3-6-18(27)13-17)7-4-8-21(24)31-25(20)34/h3-8,10,12-14,30H,9,11H2,1-2H3,(H,28,35)(H,31,34). The molecule has 9 heteroatoms. The van der Waals surface area contributed by atoms with E-state index < -0.39 is 0 Å². The average molecular weight is 487 g/mol. The molecule has 0 spiro atoms. The van der Waals surface area contributed by atoms with E-state index in [0.717, 1.165) is 33.6 Å². The third-order valence-corrected chi connectivity index (χ3v) is 6.29. The second-order valence-corrected chi connectivity index (χ2v) is 8.77. The van der Waals surface area contributed by atoms with Crippen molar-refractivity contribution in [3.8, 4) is 11.1 Å². The molecule has 0 atom stereocenters. The Kier molecular flexibility index (Phi) is 5.96. The predicted molar refractivity (Wildman–Crippen MR) is 136 cm³/mol. The van der Waals surface area contributed by atoms with E-state index in [1.165, 1.54) is 0 Å². The van der Waals surface area contributed by atoms with Crippen LogP contribution in [0.15, 0.2) is 54.9 Å². The Morgan fingerprint density at radius 2 is 2.03 bits per heavy atom. The van der Waals surface area contributed by atoms with E-state index >= 15 is 0 Å². The van der Waals surface area contributed by atoms with E-state index in [2.05, 4.69) is 25.9 Å². The fraction of sp³-hybridized carbons (Fsp3) is 0.154. The highest BCUT2D eigenvalue weighted by Gasteiger charge is 2.28. The summed E-state index contributed by atoms with van der Waals surface area (Å²) in [5.74, 6) is -0.378. The zero-order valence-electron chi connectivity index (χ0n) is 19.2. The maximum absolute atomic E-state index is 13.0. The number of benzene rings is 2. The van der Waals surface area contributed by atoms with E-state index in [0.29, 0.717) is 34.9 Å². The number of carbonyl (C=O) groups excluding carboxylic acids is 2. The van der Waals surface area contributed by atoms with Crippen LogP contribution in [0, 0.1) is 13.8 Å². The number of aromatic amines is 1. The van der Waals surface area contributed by atoms with Crippen molar-refractivity contribution in [2.45, 2.75) is 20.4 Å². The number of aromatic nitrogens is 4. The van der Waals surface area contributed by atoms with Gasteiger partial charge in [0.2, 0.25) is 0 Å². The second kappa shape index (κ2) is 9.23. The molecule has 2 aromatic carbocycles. The predicted octanol–water partition coefficient (Wildman–Crippen LogP) is 4.47. The van der Waals surface area contributed by atoms with Crippen LogP contribution >= 0.6 is 11.6 Å². The van der Waals surface area contributed by atoms with Crippen LogP contribution in [-0.2, 0) is 11.3 Å². The van der Waals surface area contributed by atoms with Gasteiger partial charge in [0.25, 0.3) is 11.8 Å². The van der Waals surface area contributed by atoms with Crippen molar-refractivity contribution in [1.82, 2.24) is 25.3 Å². The number of nitrogens with zero attached hydrogens (tertiary/aromatic N) is 3. The molecule has 0 fully saturated rings. The lowest BCUT2D eigenvalue weighted by Crippen LogP contribution is -2.28. The molecule has 0 saturated heterocycles. The van der Waals surface area contributed by atoms with E-state index in [9.17, 15) is 9.59 Å². The number of hydrogen-bond donors (Lipinski definition) is 3. The van der Waals surface area contributed by atoms with Crippen molar-refractivity contribution in [2.75, 3.05) is 11.9 Å². The van der Waals surface area contributed by atoms with Crippen LogP contribution in [0.2, 0.25) is 5.02 Å². The summed E-state index contributed by atoms with van der Waals surface area (Å²) < 4.78 is 1.65. The van der Waals surface area contributed by atoms with Crippen LogP contribution in [0.5, 0.6) is 0 Å². The van der Waals surface area contributed by atoms with Crippen LogP contribution in [0.25, 0.3) is 22.8 Å². The van der Waals surface area contributed by atoms with Crippen molar-refractivity contribution < 1.29 is 9.59 Å². The molecule has 4 aromatic rings. The van der Waals surface area contributed by atoms with E-state index in [1.807, 2.05) is 62.4 Å². The Bertz CT molecular complexity index is 1470. The number of fused-ring (bicyclic) bond motifs is 1. The van der Waals surface area contributed by atoms with Crippen molar-refractivity contribution >= 4 is 40.8 Å². The van der Waals surface area contributed by atoms with E-state index in [-0.39, 0.29) is 11.8 Å². The summed E-state index contributed by atoms with van der Waals surface area (Å²) in [5, 5.41) is 14.2. The number of nitrogens with one attached hydrogen (secondary N) is 3. The van der Waals surface area contributed by atoms with Gasteiger partial charge in [-0.2, -0.15) is 0 Å². The number of H-pyrrole nitrogens is 1. The minimum atomic E-state index is -0.194. The fourth-order valence-electron chi connectivity index (χ4n) is 4.41. The number of rotatable bonds is 6. The zero-order valence-corrected chi connectivity index (χ0v) is 20.0. The van der Waals surface area contributed by atoms with Gasteiger partial charge in [0.15, 0.2) is 0 Å². The molecule has 3 heterocycles. The van der Waals surface area contributed by atoms with Crippen LogP contribution in [0.4, 0.5) is 5.69 Å². The van der Waals surface area contributed by atoms with Crippen LogP contribution in [0.3, 0.4) is 0 Å². The second-order valence-electron chi connectivity index (χ2n) is 8.34. The topological polar surface area (TPSA) is 105 Å². The highest BCUT2D eigenvalue weighted by molar-refractivity contribution is 6.36. The van der Waals surface area contributed by atoms with Gasteiger partial charge in [0, 0.05) is 40.4 Å². The molecule has 5 rings (SSSR count). The number of aryl methyl sites for hydroxylation is 1. The molecule has 1 aliphatic rings. The number of halogens is 1. The summed E-state index contributed by atoms with van der Waals surface area (Å²) in [6.07, 6.45) is 5.15. The maximum Gasteiger partial charge on any atom is 0.256 e. The molecule has 3 N–H and O–H groups in total. The summed E-state index contributed by atoms with van der Waals surface area (Å²) in [5.41, 5.74) is 6.68. The van der Waals surface area contributed by atoms with Gasteiger partial charge in [-0.05, 0) is 54.8 Å². The Hall–Kier alpha value is -4.17. The first kappa shape index (κ1) is 22.6. The van der Waals surface area contributed by atoms with Crippen LogP contribution < -0.4 is 10.6 Å². The third-order valence-electron chi connectivity index (χ3n) is 6.05. The molecule has 1 aliphatic heterocycles. The molecule has 35 heavy (non-hydrogen) atoms. The first-order chi connectivity index (χ1) is 16.9. The average Bonchev–Trinajstić information content (AvgIpc) is 3.52. The lowest BCUT2D eigenvalue weighted by Gasteiger charge is -2.09. The van der Waals surface area contributed by atoms with Gasteiger partial charge in [-0.3, -0.25) is 14.3 Å². The Balaban J connectivity index is 1.47. The van der Waals surface area contributed by atoms with Crippen molar-refractivity contribution in [2.24, 2.45) is 0 Å². The summed E-state index contributed by atoms with van der Waals surface area (Å²) >= 11 is 6.23. The van der Waals surface area contributed by atoms with E-state index in [1.54, 1.807) is 17.1 Å². The van der Waals surface area contributed by atoms with Gasteiger partial charge >= 0.3 is 0 Å². The SMILES string of the molecule is Cc1[nH]c(C=C2C(=O)Nc3cccc(-c4cccc(Cl)c4)c32)c(C)c1C(=O)NCCn1ccnn1. The van der Waals surface area contributed by atoms with Gasteiger partial charge in [-0.1, -0.05) is 41.1 Å². The van der Waals surface area contributed by atoms with Gasteiger partial charge in [-0.25, -0.2) is 0 Å². The van der Waals surface area contributed by atoms with Crippen LogP contribution in [-0.4, -0.2) is 38.3 Å². The number of hydrogen-bond acceptors (Lipinski definition) is 4. The Morgan fingerprint density at radius 3 is 2.80 bits per heavy atom. The Labute approximate surface area is 207 Å². The monoisotopic (exact) mass is 486 g/mol. The highest BCUT2D eigenvalue weighted by Crippen LogP contribution is 2.41. The van der Waals surface area contributed by atoms with Crippen LogP contribution in [0.1, 0.15) is 32.9 Å². The Morgan fingerprint density at radius 1 is 1.20 bits per heavy atom. The molecule has 0 aliphatic carbocycles. The molecule has 0 saturated carbocycles. The minimum Gasteiger partial charge on any atom is -0.358 e. The number of anilines is 1. The van der Waals surface area contributed by atoms with Crippen molar-refractivity contribution in [1.29, 1.82) is 0 Å². The summed E-state index contributed by atoms with van der Waals surface area (Å²) in [6, 6.07) is 13.3. The van der Waals surface area contributed by atoms with Gasteiger partial charge in [-0.15, -0.1) is 5.10 Å². The number of amides is 2. The zero-order chi connectivity index (χ0) is 24.5. The normalized spacial score (nSPS) is 13.7. The molecule has 0 unspecified atom stereocenters. The van der Waals surface area contributed by atoms with Gasteiger partial charge in [0.1, 0.15) is 0 Å². The van der Waals surface area contributed by atoms with Gasteiger partial charge < -0.3 is 15.6 Å². The highest BCUT2D eigenvalue weighted by atomic mass is 35.5. The molecular formula is C26H23ClN6O2. The smallest absolute Gasteiger partial charge is 0.256 e. The molecule has 0 bridgehead atoms. The molecule has 0 radical (unpaired) electrons. The minimum absolute atomic E-state index is 0.183. The van der Waals surface area contributed by atoms with Gasteiger partial charge in [0.05, 0.1) is 23.9 Å². The van der Waals surface area contributed by atoms with Crippen molar-refractivity contribution in [3.63, 3.8) is 0 Å². The molecule has 2 aromatic heterocycles.